The summed E-state index contributed by atoms with van der Waals surface area (Å²) in [7, 11) is 0. The van der Waals surface area contributed by atoms with Crippen LogP contribution in [-0.2, 0) is 11.2 Å². The van der Waals surface area contributed by atoms with Crippen LogP contribution in [0, 0.1) is 0 Å². The van der Waals surface area contributed by atoms with E-state index in [0.717, 1.165) is 25.2 Å². The molecule has 2 aromatic rings. The lowest BCUT2D eigenvalue weighted by atomic mass is 10.1. The van der Waals surface area contributed by atoms with Crippen molar-refractivity contribution >= 4 is 23.2 Å². The highest BCUT2D eigenvalue weighted by Crippen LogP contribution is 2.12. The van der Waals surface area contributed by atoms with Crippen molar-refractivity contribution in [3.8, 4) is 0 Å². The molecule has 1 aliphatic heterocycles. The standard InChI is InChI=1S/C21H26N4O2/c22-18-7-3-16(4-8-18)15-20(26)24-19-9-5-17(6-10-19)21(27)23-11-14-25-12-1-2-13-25/h3-10H,1-2,11-15,22H2,(H,23,27)(H,24,26). The van der Waals surface area contributed by atoms with Crippen LogP contribution in [0.5, 0.6) is 0 Å². The number of amides is 2. The highest BCUT2D eigenvalue weighted by molar-refractivity contribution is 5.96. The molecular formula is C21H26N4O2. The first-order valence-electron chi connectivity index (χ1n) is 9.35. The predicted molar refractivity (Wildman–Crippen MR) is 108 cm³/mol. The van der Waals surface area contributed by atoms with Crippen LogP contribution in [0.1, 0.15) is 28.8 Å². The molecule has 3 rings (SSSR count). The van der Waals surface area contributed by atoms with Crippen molar-refractivity contribution in [1.29, 1.82) is 0 Å². The minimum absolute atomic E-state index is 0.0889. The Morgan fingerprint density at radius 3 is 2.30 bits per heavy atom. The Morgan fingerprint density at radius 2 is 1.63 bits per heavy atom. The van der Waals surface area contributed by atoms with Crippen LogP contribution in [0.4, 0.5) is 11.4 Å². The quantitative estimate of drug-likeness (QED) is 0.656. The summed E-state index contributed by atoms with van der Waals surface area (Å²) in [6.07, 6.45) is 2.78. The van der Waals surface area contributed by atoms with Gasteiger partial charge in [0.2, 0.25) is 5.91 Å². The molecule has 0 saturated carbocycles. The molecule has 142 valence electrons. The molecule has 4 N–H and O–H groups in total. The van der Waals surface area contributed by atoms with Crippen molar-refractivity contribution < 1.29 is 9.59 Å². The van der Waals surface area contributed by atoms with E-state index in [-0.39, 0.29) is 18.2 Å². The molecule has 1 heterocycles. The third-order valence-corrected chi connectivity index (χ3v) is 4.69. The summed E-state index contributed by atoms with van der Waals surface area (Å²) >= 11 is 0. The average molecular weight is 366 g/mol. The predicted octanol–water partition coefficient (Wildman–Crippen LogP) is 2.28. The van der Waals surface area contributed by atoms with Gasteiger partial charge in [0.15, 0.2) is 0 Å². The molecule has 27 heavy (non-hydrogen) atoms. The number of anilines is 2. The topological polar surface area (TPSA) is 87.5 Å². The van der Waals surface area contributed by atoms with Gasteiger partial charge < -0.3 is 21.3 Å². The first-order valence-corrected chi connectivity index (χ1v) is 9.35. The zero-order chi connectivity index (χ0) is 19.1. The van der Waals surface area contributed by atoms with E-state index in [1.165, 1.54) is 12.8 Å². The number of carbonyl (C=O) groups is 2. The monoisotopic (exact) mass is 366 g/mol. The number of nitrogens with two attached hydrogens (primary N) is 1. The maximum atomic E-state index is 12.2. The molecule has 2 aromatic carbocycles. The van der Waals surface area contributed by atoms with Crippen LogP contribution < -0.4 is 16.4 Å². The van der Waals surface area contributed by atoms with Crippen LogP contribution in [0.2, 0.25) is 0 Å². The van der Waals surface area contributed by atoms with Crippen molar-refractivity contribution in [2.75, 3.05) is 37.2 Å². The average Bonchev–Trinajstić information content (AvgIpc) is 3.17. The number of nitrogen functional groups attached to an aromatic ring is 1. The van der Waals surface area contributed by atoms with Crippen LogP contribution in [0.25, 0.3) is 0 Å². The number of rotatable bonds is 7. The fourth-order valence-electron chi connectivity index (χ4n) is 3.17. The lowest BCUT2D eigenvalue weighted by Gasteiger charge is -2.14. The highest BCUT2D eigenvalue weighted by atomic mass is 16.2. The maximum absolute atomic E-state index is 12.2. The van der Waals surface area contributed by atoms with Crippen molar-refractivity contribution in [1.82, 2.24) is 10.2 Å². The third kappa shape index (κ3) is 5.82. The van der Waals surface area contributed by atoms with Gasteiger partial charge in [-0.1, -0.05) is 12.1 Å². The van der Waals surface area contributed by atoms with Crippen LogP contribution in [0.15, 0.2) is 48.5 Å². The zero-order valence-corrected chi connectivity index (χ0v) is 15.4. The molecule has 1 aliphatic rings. The second kappa shape index (κ2) is 9.19. The minimum atomic E-state index is -0.109. The molecule has 0 atom stereocenters. The summed E-state index contributed by atoms with van der Waals surface area (Å²) < 4.78 is 0. The molecule has 6 heteroatoms. The Morgan fingerprint density at radius 1 is 0.963 bits per heavy atom. The van der Waals surface area contributed by atoms with E-state index in [4.69, 9.17) is 5.73 Å². The number of hydrogen-bond donors (Lipinski definition) is 3. The Kier molecular flexibility index (Phi) is 6.44. The second-order valence-electron chi connectivity index (χ2n) is 6.85. The third-order valence-electron chi connectivity index (χ3n) is 4.69. The summed E-state index contributed by atoms with van der Waals surface area (Å²) in [5.41, 5.74) is 8.48. The summed E-state index contributed by atoms with van der Waals surface area (Å²) in [5, 5.41) is 5.79. The van der Waals surface area contributed by atoms with E-state index in [2.05, 4.69) is 15.5 Å². The largest absolute Gasteiger partial charge is 0.399 e. The van der Waals surface area contributed by atoms with Gasteiger partial charge in [-0.05, 0) is 67.9 Å². The van der Waals surface area contributed by atoms with Gasteiger partial charge in [-0.25, -0.2) is 0 Å². The number of hydrogen-bond acceptors (Lipinski definition) is 4. The Hall–Kier alpha value is -2.86. The van der Waals surface area contributed by atoms with E-state index in [1.54, 1.807) is 36.4 Å². The van der Waals surface area contributed by atoms with Crippen LogP contribution in [0.3, 0.4) is 0 Å². The second-order valence-corrected chi connectivity index (χ2v) is 6.85. The number of benzene rings is 2. The van der Waals surface area contributed by atoms with E-state index in [9.17, 15) is 9.59 Å². The molecule has 0 spiro atoms. The van der Waals surface area contributed by atoms with Gasteiger partial charge in [0.25, 0.3) is 5.91 Å². The molecule has 0 unspecified atom stereocenters. The molecule has 0 radical (unpaired) electrons. The summed E-state index contributed by atoms with van der Waals surface area (Å²) in [6.45, 7) is 3.80. The molecule has 1 saturated heterocycles. The molecular weight excluding hydrogens is 340 g/mol. The van der Waals surface area contributed by atoms with Crippen LogP contribution >= 0.6 is 0 Å². The molecule has 6 nitrogen and oxygen atoms in total. The lowest BCUT2D eigenvalue weighted by molar-refractivity contribution is -0.115. The Balaban J connectivity index is 1.45. The normalized spacial score (nSPS) is 14.1. The van der Waals surface area contributed by atoms with Gasteiger partial charge in [-0.2, -0.15) is 0 Å². The number of nitrogens with zero attached hydrogens (tertiary/aromatic N) is 1. The Labute approximate surface area is 159 Å². The van der Waals surface area contributed by atoms with E-state index in [0.29, 0.717) is 23.5 Å². The molecule has 0 aliphatic carbocycles. The van der Waals surface area contributed by atoms with Crippen molar-refractivity contribution in [2.45, 2.75) is 19.3 Å². The summed E-state index contributed by atoms with van der Waals surface area (Å²) in [5.74, 6) is -0.198. The van der Waals surface area contributed by atoms with Crippen LogP contribution in [-0.4, -0.2) is 42.9 Å². The molecule has 2 amide bonds. The first kappa shape index (κ1) is 18.9. The zero-order valence-electron chi connectivity index (χ0n) is 15.4. The number of carbonyl (C=O) groups excluding carboxylic acids is 2. The molecule has 1 fully saturated rings. The lowest BCUT2D eigenvalue weighted by Crippen LogP contribution is -2.33. The van der Waals surface area contributed by atoms with Crippen molar-refractivity contribution in [3.05, 3.63) is 59.7 Å². The minimum Gasteiger partial charge on any atom is -0.399 e. The first-order chi connectivity index (χ1) is 13.1. The summed E-state index contributed by atoms with van der Waals surface area (Å²) in [6, 6.07) is 14.2. The smallest absolute Gasteiger partial charge is 0.251 e. The van der Waals surface area contributed by atoms with E-state index < -0.39 is 0 Å². The fourth-order valence-corrected chi connectivity index (χ4v) is 3.17. The maximum Gasteiger partial charge on any atom is 0.251 e. The van der Waals surface area contributed by atoms with Gasteiger partial charge >= 0.3 is 0 Å². The highest BCUT2D eigenvalue weighted by Gasteiger charge is 2.12. The van der Waals surface area contributed by atoms with Gasteiger partial charge in [0, 0.05) is 30.0 Å². The molecule has 0 bridgehead atoms. The van der Waals surface area contributed by atoms with Gasteiger partial charge in [-0.3, -0.25) is 9.59 Å². The van der Waals surface area contributed by atoms with Crippen molar-refractivity contribution in [2.24, 2.45) is 0 Å². The van der Waals surface area contributed by atoms with Gasteiger partial charge in [0.05, 0.1) is 6.42 Å². The fraction of sp³-hybridized carbons (Fsp3) is 0.333. The summed E-state index contributed by atoms with van der Waals surface area (Å²) in [4.78, 5) is 26.7. The van der Waals surface area contributed by atoms with E-state index >= 15 is 0 Å². The number of nitrogens with one attached hydrogen (secondary N) is 2. The molecule has 0 aromatic heterocycles. The van der Waals surface area contributed by atoms with Gasteiger partial charge in [-0.15, -0.1) is 0 Å². The SMILES string of the molecule is Nc1ccc(CC(=O)Nc2ccc(C(=O)NCCN3CCCC3)cc2)cc1. The van der Waals surface area contributed by atoms with Crippen molar-refractivity contribution in [3.63, 3.8) is 0 Å². The van der Waals surface area contributed by atoms with Gasteiger partial charge in [0.1, 0.15) is 0 Å². The van der Waals surface area contributed by atoms with E-state index in [1.807, 2.05) is 12.1 Å². The Bertz CT molecular complexity index is 766. The number of likely N-dealkylation sites (tertiary alicyclic amines) is 1.